The Labute approximate surface area is 245 Å². The van der Waals surface area contributed by atoms with E-state index in [0.29, 0.717) is 22.6 Å². The number of benzene rings is 3. The molecule has 1 saturated heterocycles. The van der Waals surface area contributed by atoms with E-state index in [0.717, 1.165) is 37.9 Å². The maximum absolute atomic E-state index is 13.2. The van der Waals surface area contributed by atoms with Gasteiger partial charge in [0.15, 0.2) is 0 Å². The second-order valence-electron chi connectivity index (χ2n) is 10.1. The molecule has 0 bridgehead atoms. The zero-order chi connectivity index (χ0) is 28.8. The van der Waals surface area contributed by atoms with E-state index in [9.17, 15) is 13.2 Å². The summed E-state index contributed by atoms with van der Waals surface area (Å²) in [5.41, 5.74) is 2.55. The maximum Gasteiger partial charge on any atom is 0.268 e. The number of piperidine rings is 1. The third-order valence-electron chi connectivity index (χ3n) is 7.11. The molecular formula is C31H31ClN4O4S. The lowest BCUT2D eigenvalue weighted by molar-refractivity contribution is 0.0978. The van der Waals surface area contributed by atoms with Gasteiger partial charge in [0.25, 0.3) is 15.9 Å². The van der Waals surface area contributed by atoms with Crippen molar-refractivity contribution < 1.29 is 17.9 Å². The number of aryl methyl sites for hydroxylation is 1. The molecule has 0 radical (unpaired) electrons. The third kappa shape index (κ3) is 7.42. The number of nitrogens with zero attached hydrogens (tertiary/aromatic N) is 3. The number of rotatable bonds is 9. The molecule has 1 aromatic heterocycles. The highest BCUT2D eigenvalue weighted by molar-refractivity contribution is 7.90. The molecule has 1 N–H and O–H groups in total. The van der Waals surface area contributed by atoms with Gasteiger partial charge in [-0.15, -0.1) is 0 Å². The number of carbonyl (C=O) groups excluding carboxylic acids is 1. The summed E-state index contributed by atoms with van der Waals surface area (Å²) in [6, 6.07) is 23.5. The van der Waals surface area contributed by atoms with Gasteiger partial charge in [0, 0.05) is 24.3 Å². The minimum atomic E-state index is -4.10. The highest BCUT2D eigenvalue weighted by atomic mass is 35.5. The molecule has 10 heteroatoms. The minimum Gasteiger partial charge on any atom is -0.487 e. The number of sulfonamides is 1. The average Bonchev–Trinajstić information content (AvgIpc) is 2.98. The SMILES string of the molecule is Cc1ccc(S(=O)(=O)NC(=O)c2cnc(N3CCC(Cc4ccccc4)CC3)nc2COc2ccc(Cl)cc2)cc1. The summed E-state index contributed by atoms with van der Waals surface area (Å²) in [5, 5.41) is 0.568. The molecule has 1 amide bonds. The summed E-state index contributed by atoms with van der Waals surface area (Å²) in [6.07, 6.45) is 4.39. The first-order chi connectivity index (χ1) is 19.8. The number of amides is 1. The molecule has 5 rings (SSSR count). The van der Waals surface area contributed by atoms with Crippen LogP contribution in [-0.4, -0.2) is 37.4 Å². The monoisotopic (exact) mass is 590 g/mol. The molecule has 41 heavy (non-hydrogen) atoms. The molecule has 0 unspecified atom stereocenters. The van der Waals surface area contributed by atoms with E-state index in [1.54, 1.807) is 36.4 Å². The Kier molecular flexibility index (Phi) is 8.85. The van der Waals surface area contributed by atoms with Crippen molar-refractivity contribution in [1.82, 2.24) is 14.7 Å². The smallest absolute Gasteiger partial charge is 0.268 e. The predicted molar refractivity (Wildman–Crippen MR) is 159 cm³/mol. The van der Waals surface area contributed by atoms with Gasteiger partial charge in [-0.25, -0.2) is 23.1 Å². The first-order valence-corrected chi connectivity index (χ1v) is 15.3. The van der Waals surface area contributed by atoms with Gasteiger partial charge in [-0.3, -0.25) is 4.79 Å². The van der Waals surface area contributed by atoms with Crippen molar-refractivity contribution in [3.05, 3.63) is 112 Å². The van der Waals surface area contributed by atoms with Gasteiger partial charge < -0.3 is 9.64 Å². The first kappa shape index (κ1) is 28.6. The Balaban J connectivity index is 1.34. The normalized spacial score (nSPS) is 14.0. The quantitative estimate of drug-likeness (QED) is 0.271. The Hall–Kier alpha value is -3.95. The van der Waals surface area contributed by atoms with E-state index in [1.807, 2.05) is 13.0 Å². The van der Waals surface area contributed by atoms with Crippen molar-refractivity contribution >= 4 is 33.5 Å². The van der Waals surface area contributed by atoms with Crippen LogP contribution < -0.4 is 14.4 Å². The molecular weight excluding hydrogens is 560 g/mol. The summed E-state index contributed by atoms with van der Waals surface area (Å²) in [6.45, 7) is 3.35. The standard InChI is InChI=1S/C31H31ClN4O4S/c1-22-7-13-27(14-8-22)41(38,39)35-30(37)28-20-33-31(34-29(28)21-40-26-11-9-25(32)10-12-26)36-17-15-24(16-18-36)19-23-5-3-2-4-6-23/h2-14,20,24H,15-19,21H2,1H3,(H,35,37). The van der Waals surface area contributed by atoms with Crippen LogP contribution in [0.3, 0.4) is 0 Å². The van der Waals surface area contributed by atoms with Crippen molar-refractivity contribution in [2.45, 2.75) is 37.7 Å². The lowest BCUT2D eigenvalue weighted by Crippen LogP contribution is -2.36. The largest absolute Gasteiger partial charge is 0.487 e. The fraction of sp³-hybridized carbons (Fsp3) is 0.258. The highest BCUT2D eigenvalue weighted by Crippen LogP contribution is 2.25. The van der Waals surface area contributed by atoms with E-state index >= 15 is 0 Å². The minimum absolute atomic E-state index is 0.00803. The van der Waals surface area contributed by atoms with Gasteiger partial charge in [0.1, 0.15) is 12.4 Å². The molecule has 3 aromatic carbocycles. The van der Waals surface area contributed by atoms with Gasteiger partial charge in [-0.2, -0.15) is 0 Å². The van der Waals surface area contributed by atoms with Crippen molar-refractivity contribution in [1.29, 1.82) is 0 Å². The van der Waals surface area contributed by atoms with Crippen LogP contribution >= 0.6 is 11.6 Å². The third-order valence-corrected chi connectivity index (χ3v) is 8.71. The van der Waals surface area contributed by atoms with Crippen LogP contribution in [0.4, 0.5) is 5.95 Å². The Morgan fingerprint density at radius 3 is 2.37 bits per heavy atom. The van der Waals surface area contributed by atoms with Crippen LogP contribution in [0.15, 0.2) is 90.0 Å². The number of aromatic nitrogens is 2. The Morgan fingerprint density at radius 1 is 1.00 bits per heavy atom. The van der Waals surface area contributed by atoms with Crippen LogP contribution in [0, 0.1) is 12.8 Å². The van der Waals surface area contributed by atoms with E-state index in [-0.39, 0.29) is 22.8 Å². The molecule has 4 aromatic rings. The van der Waals surface area contributed by atoms with Crippen molar-refractivity contribution in [3.8, 4) is 5.75 Å². The van der Waals surface area contributed by atoms with Crippen molar-refractivity contribution in [2.24, 2.45) is 5.92 Å². The van der Waals surface area contributed by atoms with Crippen molar-refractivity contribution in [3.63, 3.8) is 0 Å². The van der Waals surface area contributed by atoms with Gasteiger partial charge >= 0.3 is 0 Å². The van der Waals surface area contributed by atoms with Crippen LogP contribution in [0.1, 0.15) is 40.0 Å². The fourth-order valence-electron chi connectivity index (χ4n) is 4.78. The van der Waals surface area contributed by atoms with Gasteiger partial charge in [-0.1, -0.05) is 59.6 Å². The van der Waals surface area contributed by atoms with Crippen LogP contribution in [0.5, 0.6) is 5.75 Å². The van der Waals surface area contributed by atoms with E-state index in [2.05, 4.69) is 43.9 Å². The molecule has 212 valence electrons. The number of ether oxygens (including phenoxy) is 1. The summed E-state index contributed by atoms with van der Waals surface area (Å²) in [7, 11) is -4.10. The molecule has 0 aliphatic carbocycles. The number of nitrogens with one attached hydrogen (secondary N) is 1. The molecule has 1 aliphatic heterocycles. The van der Waals surface area contributed by atoms with Crippen LogP contribution in [0.25, 0.3) is 0 Å². The predicted octanol–water partition coefficient (Wildman–Crippen LogP) is 5.60. The van der Waals surface area contributed by atoms with Gasteiger partial charge in [-0.05, 0) is 74.1 Å². The van der Waals surface area contributed by atoms with Gasteiger partial charge in [0.2, 0.25) is 5.95 Å². The number of carbonyl (C=O) groups is 1. The molecule has 0 atom stereocenters. The molecule has 1 aliphatic rings. The first-order valence-electron chi connectivity index (χ1n) is 13.4. The molecule has 2 heterocycles. The second kappa shape index (κ2) is 12.7. The highest BCUT2D eigenvalue weighted by Gasteiger charge is 2.25. The zero-order valence-corrected chi connectivity index (χ0v) is 24.2. The fourth-order valence-corrected chi connectivity index (χ4v) is 5.87. The molecule has 0 saturated carbocycles. The summed E-state index contributed by atoms with van der Waals surface area (Å²) in [5.74, 6) is 0.762. The van der Waals surface area contributed by atoms with E-state index in [4.69, 9.17) is 16.3 Å². The molecule has 1 fully saturated rings. The van der Waals surface area contributed by atoms with Crippen molar-refractivity contribution in [2.75, 3.05) is 18.0 Å². The summed E-state index contributed by atoms with van der Waals surface area (Å²) >= 11 is 5.99. The number of hydrogen-bond acceptors (Lipinski definition) is 7. The second-order valence-corrected chi connectivity index (χ2v) is 12.3. The van der Waals surface area contributed by atoms with E-state index < -0.39 is 15.9 Å². The zero-order valence-electron chi connectivity index (χ0n) is 22.7. The van der Waals surface area contributed by atoms with Crippen LogP contribution in [-0.2, 0) is 23.1 Å². The van der Waals surface area contributed by atoms with Crippen LogP contribution in [0.2, 0.25) is 5.02 Å². The molecule has 8 nitrogen and oxygen atoms in total. The average molecular weight is 591 g/mol. The summed E-state index contributed by atoms with van der Waals surface area (Å²) < 4.78 is 33.8. The topological polar surface area (TPSA) is 101 Å². The van der Waals surface area contributed by atoms with Gasteiger partial charge in [0.05, 0.1) is 16.2 Å². The lowest BCUT2D eigenvalue weighted by atomic mass is 9.90. The number of halogens is 1. The Morgan fingerprint density at radius 2 is 1.68 bits per heavy atom. The number of hydrogen-bond donors (Lipinski definition) is 1. The Bertz CT molecular complexity index is 1590. The maximum atomic E-state index is 13.2. The van der Waals surface area contributed by atoms with E-state index in [1.165, 1.54) is 23.9 Å². The lowest BCUT2D eigenvalue weighted by Gasteiger charge is -2.32. The summed E-state index contributed by atoms with van der Waals surface area (Å²) in [4.78, 5) is 24.5. The molecule has 0 spiro atoms. The number of anilines is 1.